The summed E-state index contributed by atoms with van der Waals surface area (Å²) in [4.78, 5) is 12.4. The van der Waals surface area contributed by atoms with E-state index < -0.39 is 37.5 Å². The molecular formula is C22H29N3O7S2. The van der Waals surface area contributed by atoms with Gasteiger partial charge in [-0.1, -0.05) is 24.3 Å². The average Bonchev–Trinajstić information content (AvgIpc) is 2.76. The summed E-state index contributed by atoms with van der Waals surface area (Å²) in [6, 6.07) is 12.0. The van der Waals surface area contributed by atoms with Crippen LogP contribution in [-0.4, -0.2) is 67.5 Å². The summed E-state index contributed by atoms with van der Waals surface area (Å²) in [5.41, 5.74) is 2.10. The van der Waals surface area contributed by atoms with Gasteiger partial charge in [-0.15, -0.1) is 0 Å². The van der Waals surface area contributed by atoms with E-state index in [9.17, 15) is 26.8 Å². The second-order valence-electron chi connectivity index (χ2n) is 8.67. The number of amides is 1. The molecule has 10 nitrogen and oxygen atoms in total. The zero-order chi connectivity index (χ0) is 25.3. The van der Waals surface area contributed by atoms with Crippen LogP contribution in [0.5, 0.6) is 5.75 Å². The Hall–Kier alpha value is -2.51. The van der Waals surface area contributed by atoms with Crippen molar-refractivity contribution in [1.29, 1.82) is 0 Å². The number of benzene rings is 2. The Morgan fingerprint density at radius 3 is 2.26 bits per heavy atom. The molecule has 1 atom stereocenters. The maximum Gasteiger partial charge on any atom is 0.263 e. The van der Waals surface area contributed by atoms with Crippen LogP contribution in [0, 0.1) is 6.92 Å². The number of aryl methyl sites for hydroxylation is 1. The summed E-state index contributed by atoms with van der Waals surface area (Å²) in [5, 5.41) is 9.27. The van der Waals surface area contributed by atoms with Crippen molar-refractivity contribution in [3.63, 3.8) is 0 Å². The minimum absolute atomic E-state index is 0.0879. The van der Waals surface area contributed by atoms with Crippen LogP contribution in [0.4, 0.5) is 0 Å². The van der Waals surface area contributed by atoms with Crippen LogP contribution in [-0.2, 0) is 31.4 Å². The van der Waals surface area contributed by atoms with Gasteiger partial charge < -0.3 is 4.74 Å². The highest BCUT2D eigenvalue weighted by Crippen LogP contribution is 2.34. The average molecular weight is 512 g/mol. The largest absolute Gasteiger partial charge is 0.489 e. The molecule has 0 spiro atoms. The Kier molecular flexibility index (Phi) is 7.39. The molecule has 2 aromatic rings. The fourth-order valence-electron chi connectivity index (χ4n) is 4.24. The molecule has 3 rings (SSSR count). The zero-order valence-corrected chi connectivity index (χ0v) is 21.1. The summed E-state index contributed by atoms with van der Waals surface area (Å²) in [7, 11) is -7.96. The number of carbonyl (C=O) groups is 1. The van der Waals surface area contributed by atoms with Crippen molar-refractivity contribution >= 4 is 26.0 Å². The van der Waals surface area contributed by atoms with Crippen LogP contribution in [0.3, 0.4) is 0 Å². The monoisotopic (exact) mass is 511 g/mol. The fourth-order valence-corrected chi connectivity index (χ4v) is 7.31. The number of piperazine rings is 1. The Morgan fingerprint density at radius 2 is 1.71 bits per heavy atom. The van der Waals surface area contributed by atoms with E-state index in [1.165, 1.54) is 43.6 Å². The molecule has 1 heterocycles. The van der Waals surface area contributed by atoms with Crippen LogP contribution in [0.1, 0.15) is 25.0 Å². The molecule has 186 valence electrons. The highest BCUT2D eigenvalue weighted by molar-refractivity contribution is 7.89. The standard InChI is InChI=1S/C22H29N3O7S2/c1-16-7-5-6-8-17(16)15-32-18-9-11-19(12-10-18)34(30,31)24-13-14-25(33(4,28)29)22(2,3)20(24)21(26)23-27/h5-12,20,27H,13-15H2,1-4H3,(H,23,26). The number of hydrogen-bond acceptors (Lipinski definition) is 7. The van der Waals surface area contributed by atoms with E-state index in [0.717, 1.165) is 26.0 Å². The first-order valence-corrected chi connectivity index (χ1v) is 13.8. The number of rotatable bonds is 7. The van der Waals surface area contributed by atoms with Gasteiger partial charge in [0.15, 0.2) is 0 Å². The molecule has 1 amide bonds. The van der Waals surface area contributed by atoms with Gasteiger partial charge in [-0.3, -0.25) is 10.0 Å². The lowest BCUT2D eigenvalue weighted by atomic mass is 9.91. The van der Waals surface area contributed by atoms with Crippen LogP contribution < -0.4 is 10.2 Å². The predicted molar refractivity (Wildman–Crippen MR) is 125 cm³/mol. The SMILES string of the molecule is Cc1ccccc1COc1ccc(S(=O)(=O)N2CCN(S(C)(=O)=O)C(C)(C)C2C(=O)NO)cc1. The molecule has 0 radical (unpaired) electrons. The zero-order valence-electron chi connectivity index (χ0n) is 19.4. The van der Waals surface area contributed by atoms with Gasteiger partial charge in [0.2, 0.25) is 20.0 Å². The van der Waals surface area contributed by atoms with E-state index in [2.05, 4.69) is 0 Å². The Balaban J connectivity index is 1.87. The molecule has 34 heavy (non-hydrogen) atoms. The van der Waals surface area contributed by atoms with Crippen molar-refractivity contribution in [2.45, 2.75) is 43.9 Å². The van der Waals surface area contributed by atoms with E-state index in [1.54, 1.807) is 0 Å². The third kappa shape index (κ3) is 5.10. The lowest BCUT2D eigenvalue weighted by Gasteiger charge is -2.49. The number of ether oxygens (including phenoxy) is 1. The molecule has 1 aliphatic rings. The van der Waals surface area contributed by atoms with Crippen LogP contribution in [0.25, 0.3) is 0 Å². The highest BCUT2D eigenvalue weighted by atomic mass is 32.2. The van der Waals surface area contributed by atoms with E-state index in [1.807, 2.05) is 31.2 Å². The van der Waals surface area contributed by atoms with Crippen molar-refractivity contribution < 1.29 is 31.6 Å². The Morgan fingerprint density at radius 1 is 1.09 bits per heavy atom. The number of carbonyl (C=O) groups excluding carboxylic acids is 1. The van der Waals surface area contributed by atoms with E-state index >= 15 is 0 Å². The molecule has 0 aliphatic carbocycles. The van der Waals surface area contributed by atoms with Gasteiger partial charge in [0.25, 0.3) is 5.91 Å². The van der Waals surface area contributed by atoms with Crippen molar-refractivity contribution in [1.82, 2.24) is 14.1 Å². The molecule has 0 saturated carbocycles. The van der Waals surface area contributed by atoms with Gasteiger partial charge in [-0.2, -0.15) is 8.61 Å². The minimum Gasteiger partial charge on any atom is -0.489 e. The molecule has 12 heteroatoms. The van der Waals surface area contributed by atoms with Crippen molar-refractivity contribution in [2.75, 3.05) is 19.3 Å². The molecule has 1 unspecified atom stereocenters. The molecule has 2 N–H and O–H groups in total. The molecule has 1 saturated heterocycles. The smallest absolute Gasteiger partial charge is 0.263 e. The van der Waals surface area contributed by atoms with Gasteiger partial charge in [-0.25, -0.2) is 22.3 Å². The van der Waals surface area contributed by atoms with Gasteiger partial charge in [0.1, 0.15) is 18.4 Å². The highest BCUT2D eigenvalue weighted by Gasteiger charge is 2.53. The summed E-state index contributed by atoms with van der Waals surface area (Å²) in [5.74, 6) is -0.561. The number of nitrogens with one attached hydrogen (secondary N) is 1. The van der Waals surface area contributed by atoms with E-state index in [0.29, 0.717) is 12.4 Å². The normalized spacial score (nSPS) is 19.5. The van der Waals surface area contributed by atoms with Crippen LogP contribution >= 0.6 is 0 Å². The number of nitrogens with zero attached hydrogens (tertiary/aromatic N) is 2. The maximum absolute atomic E-state index is 13.5. The first-order chi connectivity index (χ1) is 15.8. The predicted octanol–water partition coefficient (Wildman–Crippen LogP) is 1.49. The summed E-state index contributed by atoms with van der Waals surface area (Å²) < 4.78 is 59.2. The van der Waals surface area contributed by atoms with Crippen molar-refractivity contribution in [2.24, 2.45) is 0 Å². The first kappa shape index (κ1) is 26.1. The lowest BCUT2D eigenvalue weighted by Crippen LogP contribution is -2.71. The molecule has 0 aromatic heterocycles. The van der Waals surface area contributed by atoms with Crippen LogP contribution in [0.2, 0.25) is 0 Å². The quantitative estimate of drug-likeness (QED) is 0.425. The summed E-state index contributed by atoms with van der Waals surface area (Å²) in [6.07, 6.45) is 0.989. The summed E-state index contributed by atoms with van der Waals surface area (Å²) >= 11 is 0. The van der Waals surface area contributed by atoms with Gasteiger partial charge in [0.05, 0.1) is 16.7 Å². The second-order valence-corrected chi connectivity index (χ2v) is 12.5. The number of hydrogen-bond donors (Lipinski definition) is 2. The molecule has 1 aliphatic heterocycles. The third-order valence-corrected chi connectivity index (χ3v) is 9.30. The minimum atomic E-state index is -4.21. The van der Waals surface area contributed by atoms with Gasteiger partial charge >= 0.3 is 0 Å². The van der Waals surface area contributed by atoms with Crippen molar-refractivity contribution in [3.8, 4) is 5.75 Å². The third-order valence-electron chi connectivity index (χ3n) is 5.97. The Bertz CT molecular complexity index is 1260. The first-order valence-electron chi connectivity index (χ1n) is 10.5. The molecule has 2 aromatic carbocycles. The topological polar surface area (TPSA) is 133 Å². The number of sulfonamides is 2. The van der Waals surface area contributed by atoms with Gasteiger partial charge in [-0.05, 0) is 56.2 Å². The van der Waals surface area contributed by atoms with E-state index in [-0.39, 0.29) is 18.0 Å². The summed E-state index contributed by atoms with van der Waals surface area (Å²) in [6.45, 7) is 4.77. The molecule has 0 bridgehead atoms. The van der Waals surface area contributed by atoms with E-state index in [4.69, 9.17) is 4.74 Å². The van der Waals surface area contributed by atoms with Crippen molar-refractivity contribution in [3.05, 3.63) is 59.7 Å². The fraction of sp³-hybridized carbons (Fsp3) is 0.409. The number of hydroxylamine groups is 1. The Labute approximate surface area is 200 Å². The maximum atomic E-state index is 13.5. The molecule has 1 fully saturated rings. The second kappa shape index (κ2) is 9.62. The lowest BCUT2D eigenvalue weighted by molar-refractivity contribution is -0.138. The van der Waals surface area contributed by atoms with Crippen LogP contribution in [0.15, 0.2) is 53.4 Å². The molecular weight excluding hydrogens is 482 g/mol. The van der Waals surface area contributed by atoms with Gasteiger partial charge in [0, 0.05) is 13.1 Å².